The van der Waals surface area contributed by atoms with Crippen molar-refractivity contribution >= 4 is 21.6 Å². The van der Waals surface area contributed by atoms with Gasteiger partial charge in [-0.05, 0) is 61.9 Å². The van der Waals surface area contributed by atoms with Gasteiger partial charge in [-0.1, -0.05) is 6.92 Å². The van der Waals surface area contributed by atoms with Crippen molar-refractivity contribution in [2.24, 2.45) is 0 Å². The summed E-state index contributed by atoms with van der Waals surface area (Å²) < 4.78 is 69.7. The second kappa shape index (κ2) is 9.27. The van der Waals surface area contributed by atoms with Crippen molar-refractivity contribution in [3.8, 4) is 5.75 Å². The Bertz CT molecular complexity index is 927. The van der Waals surface area contributed by atoms with Crippen LogP contribution in [-0.2, 0) is 21.0 Å². The molecule has 0 heterocycles. The van der Waals surface area contributed by atoms with E-state index in [-0.39, 0.29) is 22.4 Å². The number of hydrogen-bond acceptors (Lipinski definition) is 4. The smallest absolute Gasteiger partial charge is 0.416 e. The van der Waals surface area contributed by atoms with Crippen LogP contribution in [0.1, 0.15) is 25.8 Å². The van der Waals surface area contributed by atoms with E-state index in [1.54, 1.807) is 6.92 Å². The average Bonchev–Trinajstić information content (AvgIpc) is 2.66. The van der Waals surface area contributed by atoms with E-state index in [2.05, 4.69) is 10.0 Å². The minimum absolute atomic E-state index is 0.0688. The minimum Gasteiger partial charge on any atom is -0.484 e. The van der Waals surface area contributed by atoms with Crippen molar-refractivity contribution < 1.29 is 31.1 Å². The predicted octanol–water partition coefficient (Wildman–Crippen LogP) is 3.80. The lowest BCUT2D eigenvalue weighted by Gasteiger charge is -2.13. The first-order valence-corrected chi connectivity index (χ1v) is 10.2. The third-order valence-corrected chi connectivity index (χ3v) is 5.57. The Hall–Kier alpha value is -2.59. The van der Waals surface area contributed by atoms with Gasteiger partial charge in [-0.15, -0.1) is 0 Å². The topological polar surface area (TPSA) is 84.5 Å². The van der Waals surface area contributed by atoms with Crippen molar-refractivity contribution in [3.05, 3.63) is 54.1 Å². The molecule has 0 fully saturated rings. The van der Waals surface area contributed by atoms with Crippen molar-refractivity contribution in [1.82, 2.24) is 4.72 Å². The van der Waals surface area contributed by atoms with E-state index in [4.69, 9.17) is 4.74 Å². The maximum atomic E-state index is 12.5. The summed E-state index contributed by atoms with van der Waals surface area (Å²) in [6, 6.07) is 9.35. The second-order valence-electron chi connectivity index (χ2n) is 6.31. The maximum Gasteiger partial charge on any atom is 0.416 e. The molecule has 0 aliphatic rings. The highest BCUT2D eigenvalue weighted by Crippen LogP contribution is 2.29. The van der Waals surface area contributed by atoms with E-state index < -0.39 is 34.3 Å². The normalized spacial score (nSPS) is 13.0. The molecule has 0 radical (unpaired) electrons. The molecule has 158 valence electrons. The van der Waals surface area contributed by atoms with Gasteiger partial charge in [-0.3, -0.25) is 4.79 Å². The predicted molar refractivity (Wildman–Crippen MR) is 102 cm³/mol. The van der Waals surface area contributed by atoms with Crippen LogP contribution in [0.25, 0.3) is 0 Å². The fourth-order valence-corrected chi connectivity index (χ4v) is 3.55. The van der Waals surface area contributed by atoms with Crippen LogP contribution in [0.4, 0.5) is 18.9 Å². The second-order valence-corrected chi connectivity index (χ2v) is 8.03. The third-order valence-electron chi connectivity index (χ3n) is 3.97. The first-order chi connectivity index (χ1) is 13.5. The zero-order chi connectivity index (χ0) is 21.7. The van der Waals surface area contributed by atoms with Crippen molar-refractivity contribution in [1.29, 1.82) is 0 Å². The Balaban J connectivity index is 1.90. The molecule has 0 bridgehead atoms. The first-order valence-electron chi connectivity index (χ1n) is 8.73. The van der Waals surface area contributed by atoms with Gasteiger partial charge in [0.2, 0.25) is 10.0 Å². The van der Waals surface area contributed by atoms with Crippen LogP contribution in [0.15, 0.2) is 53.4 Å². The standard InChI is InChI=1S/C19H21F3N2O4S/c1-3-13(2)24-29(26,27)17-10-8-16(9-11-17)28-12-18(25)23-15-6-4-14(5-7-15)19(20,21)22/h4-11,13,24H,3,12H2,1-2H3,(H,23,25)/t13-/m1/s1. The van der Waals surface area contributed by atoms with Crippen LogP contribution in [0.5, 0.6) is 5.75 Å². The average molecular weight is 430 g/mol. The Kier molecular flexibility index (Phi) is 7.26. The maximum absolute atomic E-state index is 12.5. The lowest BCUT2D eigenvalue weighted by atomic mass is 10.2. The molecule has 0 aromatic heterocycles. The molecule has 1 amide bonds. The van der Waals surface area contributed by atoms with Gasteiger partial charge in [0.15, 0.2) is 6.61 Å². The number of alkyl halides is 3. The van der Waals surface area contributed by atoms with Crippen LogP contribution >= 0.6 is 0 Å². The summed E-state index contributed by atoms with van der Waals surface area (Å²) in [4.78, 5) is 12.0. The number of halogens is 3. The number of carbonyl (C=O) groups excluding carboxylic acids is 1. The van der Waals surface area contributed by atoms with E-state index in [1.165, 1.54) is 24.3 Å². The summed E-state index contributed by atoms with van der Waals surface area (Å²) in [7, 11) is -3.64. The molecule has 0 saturated carbocycles. The molecule has 2 aromatic rings. The van der Waals surface area contributed by atoms with Gasteiger partial charge in [0.1, 0.15) is 5.75 Å². The molecule has 0 aliphatic carbocycles. The summed E-state index contributed by atoms with van der Waals surface area (Å²) in [5.74, 6) is -0.296. The Morgan fingerprint density at radius 2 is 1.66 bits per heavy atom. The SMILES string of the molecule is CC[C@@H](C)NS(=O)(=O)c1ccc(OCC(=O)Nc2ccc(C(F)(F)F)cc2)cc1. The zero-order valence-corrected chi connectivity index (χ0v) is 16.6. The van der Waals surface area contributed by atoms with Crippen molar-refractivity contribution in [3.63, 3.8) is 0 Å². The van der Waals surface area contributed by atoms with E-state index >= 15 is 0 Å². The zero-order valence-electron chi connectivity index (χ0n) is 15.8. The first kappa shape index (κ1) is 22.7. The van der Waals surface area contributed by atoms with Crippen LogP contribution in [-0.4, -0.2) is 27.0 Å². The van der Waals surface area contributed by atoms with Gasteiger partial charge in [-0.2, -0.15) is 13.2 Å². The molecule has 0 saturated heterocycles. The van der Waals surface area contributed by atoms with Gasteiger partial charge in [-0.25, -0.2) is 13.1 Å². The number of hydrogen-bond donors (Lipinski definition) is 2. The van der Waals surface area contributed by atoms with Crippen molar-refractivity contribution in [2.45, 2.75) is 37.4 Å². The molecule has 10 heteroatoms. The van der Waals surface area contributed by atoms with E-state index in [1.807, 2.05) is 6.92 Å². The van der Waals surface area contributed by atoms with Gasteiger partial charge < -0.3 is 10.1 Å². The number of rotatable bonds is 8. The van der Waals surface area contributed by atoms with Crippen molar-refractivity contribution in [2.75, 3.05) is 11.9 Å². The number of nitrogens with one attached hydrogen (secondary N) is 2. The molecular formula is C19H21F3N2O4S. The van der Waals surface area contributed by atoms with Gasteiger partial charge in [0.25, 0.3) is 5.91 Å². The Morgan fingerprint density at radius 1 is 1.07 bits per heavy atom. The van der Waals surface area contributed by atoms with Gasteiger partial charge in [0.05, 0.1) is 10.5 Å². The number of benzene rings is 2. The molecular weight excluding hydrogens is 409 g/mol. The number of sulfonamides is 1. The third kappa shape index (κ3) is 6.75. The number of anilines is 1. The summed E-state index contributed by atoms with van der Waals surface area (Å²) in [6.07, 6.45) is -3.80. The quantitative estimate of drug-likeness (QED) is 0.667. The molecule has 2 rings (SSSR count). The largest absolute Gasteiger partial charge is 0.484 e. The van der Waals surface area contributed by atoms with Crippen LogP contribution in [0.2, 0.25) is 0 Å². The lowest BCUT2D eigenvalue weighted by Crippen LogP contribution is -2.31. The minimum atomic E-state index is -4.45. The fourth-order valence-electron chi connectivity index (χ4n) is 2.22. The number of carbonyl (C=O) groups is 1. The van der Waals surface area contributed by atoms with Crippen LogP contribution in [0, 0.1) is 0 Å². The van der Waals surface area contributed by atoms with E-state index in [0.717, 1.165) is 24.3 Å². The highest BCUT2D eigenvalue weighted by molar-refractivity contribution is 7.89. The summed E-state index contributed by atoms with van der Waals surface area (Å²) in [5, 5.41) is 2.42. The molecule has 0 aliphatic heterocycles. The monoisotopic (exact) mass is 430 g/mol. The Labute approximate surface area is 167 Å². The highest BCUT2D eigenvalue weighted by atomic mass is 32.2. The molecule has 29 heavy (non-hydrogen) atoms. The molecule has 1 atom stereocenters. The van der Waals surface area contributed by atoms with E-state index in [9.17, 15) is 26.4 Å². The summed E-state index contributed by atoms with van der Waals surface area (Å²) in [6.45, 7) is 3.22. The van der Waals surface area contributed by atoms with Gasteiger partial charge in [0, 0.05) is 11.7 Å². The summed E-state index contributed by atoms with van der Waals surface area (Å²) >= 11 is 0. The highest BCUT2D eigenvalue weighted by Gasteiger charge is 2.30. The molecule has 2 N–H and O–H groups in total. The van der Waals surface area contributed by atoms with Gasteiger partial charge >= 0.3 is 6.18 Å². The Morgan fingerprint density at radius 3 is 2.17 bits per heavy atom. The number of ether oxygens (including phenoxy) is 1. The number of amides is 1. The van der Waals surface area contributed by atoms with Crippen LogP contribution in [0.3, 0.4) is 0 Å². The molecule has 6 nitrogen and oxygen atoms in total. The summed E-state index contributed by atoms with van der Waals surface area (Å²) in [5.41, 5.74) is -0.617. The van der Waals surface area contributed by atoms with Crippen LogP contribution < -0.4 is 14.8 Å². The molecule has 2 aromatic carbocycles. The lowest BCUT2D eigenvalue weighted by molar-refractivity contribution is -0.137. The molecule has 0 spiro atoms. The molecule has 0 unspecified atom stereocenters. The fraction of sp³-hybridized carbons (Fsp3) is 0.316. The van der Waals surface area contributed by atoms with E-state index in [0.29, 0.717) is 6.42 Å².